The lowest BCUT2D eigenvalue weighted by molar-refractivity contribution is -0.181. The van der Waals surface area contributed by atoms with Gasteiger partial charge in [-0.2, -0.15) is 15.3 Å². The largest absolute Gasteiger partial charge is 0.348 e. The highest BCUT2D eigenvalue weighted by Crippen LogP contribution is 2.40. The van der Waals surface area contributed by atoms with Crippen LogP contribution in [0, 0.1) is 11.3 Å². The van der Waals surface area contributed by atoms with Crippen molar-refractivity contribution in [1.82, 2.24) is 19.2 Å². The van der Waals surface area contributed by atoms with Crippen molar-refractivity contribution >= 4 is 5.78 Å². The van der Waals surface area contributed by atoms with E-state index in [0.29, 0.717) is 31.0 Å². The SMILES string of the molecule is CCCCc1c(Cc2ccc(-c3ccccc3C#N)cc2)c(=O)n(C2CCC3(CC2)OCCO3)c2ncnn12. The molecule has 0 N–H and O–H groups in total. The first-order valence-electron chi connectivity index (χ1n) is 13.9. The van der Waals surface area contributed by atoms with Gasteiger partial charge in [-0.25, -0.2) is 4.52 Å². The molecule has 3 heterocycles. The summed E-state index contributed by atoms with van der Waals surface area (Å²) in [4.78, 5) is 18.8. The van der Waals surface area contributed by atoms with E-state index >= 15 is 0 Å². The fourth-order valence-electron chi connectivity index (χ4n) is 6.11. The first kappa shape index (κ1) is 25.5. The summed E-state index contributed by atoms with van der Waals surface area (Å²) in [5.74, 6) is 0.132. The fourth-order valence-corrected chi connectivity index (χ4v) is 6.11. The fraction of sp³-hybridized carbons (Fsp3) is 0.419. The molecule has 2 aromatic carbocycles. The second-order valence-corrected chi connectivity index (χ2v) is 10.5. The summed E-state index contributed by atoms with van der Waals surface area (Å²) < 4.78 is 15.6. The molecule has 2 fully saturated rings. The topological polar surface area (TPSA) is 94.4 Å². The van der Waals surface area contributed by atoms with E-state index in [1.165, 1.54) is 0 Å². The van der Waals surface area contributed by atoms with Crippen LogP contribution in [-0.4, -0.2) is 38.2 Å². The van der Waals surface area contributed by atoms with E-state index in [0.717, 1.165) is 72.9 Å². The second-order valence-electron chi connectivity index (χ2n) is 10.5. The average molecular weight is 524 g/mol. The lowest BCUT2D eigenvalue weighted by atomic mass is 9.89. The molecule has 6 rings (SSSR count). The monoisotopic (exact) mass is 523 g/mol. The Kier molecular flexibility index (Phi) is 7.03. The normalized spacial score (nSPS) is 17.1. The zero-order chi connectivity index (χ0) is 26.8. The second kappa shape index (κ2) is 10.8. The average Bonchev–Trinajstić information content (AvgIpc) is 3.64. The molecule has 0 amide bonds. The molecule has 8 heteroatoms. The van der Waals surface area contributed by atoms with E-state index in [4.69, 9.17) is 9.47 Å². The van der Waals surface area contributed by atoms with Crippen molar-refractivity contribution in [2.45, 2.75) is 70.1 Å². The van der Waals surface area contributed by atoms with Gasteiger partial charge in [0.25, 0.3) is 5.56 Å². The number of hydrogen-bond donors (Lipinski definition) is 0. The Morgan fingerprint density at radius 2 is 1.82 bits per heavy atom. The number of ether oxygens (including phenoxy) is 2. The minimum Gasteiger partial charge on any atom is -0.348 e. The first-order valence-corrected chi connectivity index (χ1v) is 13.9. The highest BCUT2D eigenvalue weighted by molar-refractivity contribution is 5.70. The van der Waals surface area contributed by atoms with Gasteiger partial charge in [0.2, 0.25) is 5.78 Å². The van der Waals surface area contributed by atoms with Crippen LogP contribution < -0.4 is 5.56 Å². The molecular formula is C31H33N5O3. The van der Waals surface area contributed by atoms with Crippen molar-refractivity contribution in [2.75, 3.05) is 13.2 Å². The van der Waals surface area contributed by atoms with Gasteiger partial charge in [-0.15, -0.1) is 0 Å². The van der Waals surface area contributed by atoms with Crippen LogP contribution >= 0.6 is 0 Å². The van der Waals surface area contributed by atoms with Gasteiger partial charge < -0.3 is 9.47 Å². The van der Waals surface area contributed by atoms with E-state index in [9.17, 15) is 10.1 Å². The van der Waals surface area contributed by atoms with Crippen LogP contribution in [0.4, 0.5) is 0 Å². The summed E-state index contributed by atoms with van der Waals surface area (Å²) >= 11 is 0. The minimum absolute atomic E-state index is 0.0199. The molecule has 1 spiro atoms. The van der Waals surface area contributed by atoms with Crippen molar-refractivity contribution in [3.8, 4) is 17.2 Å². The molecule has 2 aromatic heterocycles. The van der Waals surface area contributed by atoms with Gasteiger partial charge >= 0.3 is 0 Å². The number of unbranched alkanes of at least 4 members (excludes halogenated alkanes) is 1. The van der Waals surface area contributed by atoms with E-state index in [1.807, 2.05) is 45.5 Å². The van der Waals surface area contributed by atoms with Crippen LogP contribution in [0.2, 0.25) is 0 Å². The van der Waals surface area contributed by atoms with Gasteiger partial charge in [0.15, 0.2) is 5.79 Å². The van der Waals surface area contributed by atoms with E-state index < -0.39 is 5.79 Å². The van der Waals surface area contributed by atoms with Crippen LogP contribution in [0.15, 0.2) is 59.7 Å². The summed E-state index contributed by atoms with van der Waals surface area (Å²) in [5.41, 5.74) is 5.33. The predicted octanol–water partition coefficient (Wildman–Crippen LogP) is 5.22. The Balaban J connectivity index is 1.37. The molecule has 8 nitrogen and oxygen atoms in total. The zero-order valence-corrected chi connectivity index (χ0v) is 22.3. The number of nitriles is 1. The van der Waals surface area contributed by atoms with E-state index in [2.05, 4.69) is 35.2 Å². The van der Waals surface area contributed by atoms with Gasteiger partial charge in [-0.1, -0.05) is 55.8 Å². The predicted molar refractivity (Wildman–Crippen MR) is 147 cm³/mol. The highest BCUT2D eigenvalue weighted by Gasteiger charge is 2.41. The molecule has 0 radical (unpaired) electrons. The summed E-state index contributed by atoms with van der Waals surface area (Å²) in [6, 6.07) is 18.1. The summed E-state index contributed by atoms with van der Waals surface area (Å²) in [6.07, 6.45) is 7.95. The Morgan fingerprint density at radius 3 is 2.54 bits per heavy atom. The molecule has 4 aromatic rings. The lowest BCUT2D eigenvalue weighted by Gasteiger charge is -2.36. The molecule has 200 valence electrons. The number of hydrogen-bond acceptors (Lipinski definition) is 6. The number of aromatic nitrogens is 4. The molecule has 1 aliphatic heterocycles. The molecule has 1 saturated heterocycles. The van der Waals surface area contributed by atoms with E-state index in [1.54, 1.807) is 6.33 Å². The summed E-state index contributed by atoms with van der Waals surface area (Å²) in [6.45, 7) is 3.43. The molecule has 1 saturated carbocycles. The van der Waals surface area contributed by atoms with Crippen molar-refractivity contribution in [3.05, 3.63) is 87.6 Å². The van der Waals surface area contributed by atoms with Crippen LogP contribution in [0.1, 0.15) is 73.9 Å². The van der Waals surface area contributed by atoms with Crippen LogP contribution in [-0.2, 0) is 22.3 Å². The third-order valence-corrected chi connectivity index (χ3v) is 8.18. The van der Waals surface area contributed by atoms with Gasteiger partial charge in [0.1, 0.15) is 6.33 Å². The maximum Gasteiger partial charge on any atom is 0.259 e. The minimum atomic E-state index is -0.486. The van der Waals surface area contributed by atoms with Crippen LogP contribution in [0.3, 0.4) is 0 Å². The number of nitrogens with zero attached hydrogens (tertiary/aromatic N) is 5. The van der Waals surface area contributed by atoms with Crippen molar-refractivity contribution < 1.29 is 9.47 Å². The Bertz CT molecular complexity index is 1560. The molecule has 0 bridgehead atoms. The molecule has 2 aliphatic rings. The maximum atomic E-state index is 14.2. The van der Waals surface area contributed by atoms with Gasteiger partial charge in [0, 0.05) is 30.9 Å². The number of fused-ring (bicyclic) bond motifs is 1. The third-order valence-electron chi connectivity index (χ3n) is 8.18. The Hall–Kier alpha value is -3.80. The molecule has 0 atom stereocenters. The maximum absolute atomic E-state index is 14.2. The number of benzene rings is 2. The summed E-state index contributed by atoms with van der Waals surface area (Å²) in [7, 11) is 0. The van der Waals surface area contributed by atoms with Crippen LogP contribution in [0.5, 0.6) is 0 Å². The van der Waals surface area contributed by atoms with Crippen molar-refractivity contribution in [2.24, 2.45) is 0 Å². The lowest BCUT2D eigenvalue weighted by Crippen LogP contribution is -2.39. The molecule has 0 unspecified atom stereocenters. The van der Waals surface area contributed by atoms with Gasteiger partial charge in [0.05, 0.1) is 30.5 Å². The molecular weight excluding hydrogens is 490 g/mol. The van der Waals surface area contributed by atoms with E-state index in [-0.39, 0.29) is 11.6 Å². The quantitative estimate of drug-likeness (QED) is 0.330. The highest BCUT2D eigenvalue weighted by atomic mass is 16.7. The Labute approximate surface area is 227 Å². The van der Waals surface area contributed by atoms with Gasteiger partial charge in [-0.05, 0) is 48.4 Å². The smallest absolute Gasteiger partial charge is 0.259 e. The zero-order valence-electron chi connectivity index (χ0n) is 22.3. The van der Waals surface area contributed by atoms with Gasteiger partial charge in [-0.3, -0.25) is 9.36 Å². The molecule has 1 aliphatic carbocycles. The van der Waals surface area contributed by atoms with Crippen molar-refractivity contribution in [3.63, 3.8) is 0 Å². The number of aryl methyl sites for hydroxylation is 1. The van der Waals surface area contributed by atoms with Crippen LogP contribution in [0.25, 0.3) is 16.9 Å². The first-order chi connectivity index (χ1) is 19.1. The molecule has 39 heavy (non-hydrogen) atoms. The number of rotatable bonds is 7. The van der Waals surface area contributed by atoms with Crippen molar-refractivity contribution in [1.29, 1.82) is 5.26 Å². The summed E-state index contributed by atoms with van der Waals surface area (Å²) in [5, 5.41) is 14.1. The standard InChI is InChI=1S/C31H33N5O3/c1-2-3-8-28-27(19-22-9-11-23(12-10-22)26-7-5-4-6-24(26)20-32)29(37)35(30-33-21-34-36(28)30)25-13-15-31(16-14-25)38-17-18-39-31/h4-7,9-12,21,25H,2-3,8,13-19H2,1H3. The third kappa shape index (κ3) is 4.77. The Morgan fingerprint density at radius 1 is 1.08 bits per heavy atom.